The maximum atomic E-state index is 12.2. The van der Waals surface area contributed by atoms with Gasteiger partial charge in [0, 0.05) is 0 Å². The SMILES string of the molecule is COC(=O)[C@@H](NC(=O)OC(C)(C)C)C1CC[C@@H](O)C2(CC1)C[C@H]2C. The van der Waals surface area contributed by atoms with Crippen LogP contribution in [0.5, 0.6) is 0 Å². The summed E-state index contributed by atoms with van der Waals surface area (Å²) in [6, 6.07) is -0.735. The number of carbonyl (C=O) groups is 2. The summed E-state index contributed by atoms with van der Waals surface area (Å²) in [7, 11) is 1.32. The van der Waals surface area contributed by atoms with E-state index in [9.17, 15) is 14.7 Å². The highest BCUT2D eigenvalue weighted by molar-refractivity contribution is 5.81. The fraction of sp³-hybridized carbons (Fsp3) is 0.889. The van der Waals surface area contributed by atoms with Gasteiger partial charge >= 0.3 is 12.1 Å². The molecule has 2 aliphatic rings. The van der Waals surface area contributed by atoms with Crippen LogP contribution < -0.4 is 5.32 Å². The van der Waals surface area contributed by atoms with Gasteiger partial charge in [-0.15, -0.1) is 0 Å². The molecular formula is C18H31NO5. The first-order valence-electron chi connectivity index (χ1n) is 8.84. The Morgan fingerprint density at radius 2 is 1.88 bits per heavy atom. The highest BCUT2D eigenvalue weighted by Crippen LogP contribution is 2.60. The summed E-state index contributed by atoms with van der Waals surface area (Å²) >= 11 is 0. The zero-order valence-electron chi connectivity index (χ0n) is 15.4. The molecule has 138 valence electrons. The lowest BCUT2D eigenvalue weighted by Crippen LogP contribution is -2.48. The van der Waals surface area contributed by atoms with Crippen LogP contribution in [0.1, 0.15) is 59.8 Å². The minimum atomic E-state index is -0.735. The minimum absolute atomic E-state index is 0.0152. The number of hydrogen-bond donors (Lipinski definition) is 2. The first kappa shape index (κ1) is 19.0. The number of alkyl carbamates (subject to hydrolysis) is 1. The van der Waals surface area contributed by atoms with Crippen LogP contribution in [0.25, 0.3) is 0 Å². The van der Waals surface area contributed by atoms with Crippen molar-refractivity contribution in [3.05, 3.63) is 0 Å². The Balaban J connectivity index is 2.05. The standard InChI is InChI=1S/C18H31NO5/c1-11-10-18(11)9-8-12(6-7-13(18)20)14(15(21)23-5)19-16(22)24-17(2,3)4/h11-14,20H,6-10H2,1-5H3,(H,19,22)/t11-,12?,13-,14+,18?/m1/s1. The van der Waals surface area contributed by atoms with Crippen LogP contribution in [-0.4, -0.2) is 42.0 Å². The van der Waals surface area contributed by atoms with Gasteiger partial charge in [-0.2, -0.15) is 0 Å². The van der Waals surface area contributed by atoms with E-state index in [1.165, 1.54) is 7.11 Å². The highest BCUT2D eigenvalue weighted by atomic mass is 16.6. The molecule has 2 unspecified atom stereocenters. The molecule has 2 fully saturated rings. The number of hydrogen-bond acceptors (Lipinski definition) is 5. The molecule has 1 spiro atoms. The maximum Gasteiger partial charge on any atom is 0.408 e. The summed E-state index contributed by atoms with van der Waals surface area (Å²) in [5.74, 6) is 0.0218. The fourth-order valence-electron chi connectivity index (χ4n) is 4.01. The molecule has 0 aromatic heterocycles. The number of methoxy groups -OCH3 is 1. The molecule has 2 N–H and O–H groups in total. The summed E-state index contributed by atoms with van der Waals surface area (Å²) in [5, 5.41) is 13.1. The minimum Gasteiger partial charge on any atom is -0.467 e. The van der Waals surface area contributed by atoms with Crippen LogP contribution >= 0.6 is 0 Å². The Kier molecular flexibility index (Phi) is 5.47. The number of ether oxygens (including phenoxy) is 2. The topological polar surface area (TPSA) is 84.9 Å². The van der Waals surface area contributed by atoms with E-state index in [0.717, 1.165) is 19.3 Å². The number of aliphatic hydroxyl groups is 1. The van der Waals surface area contributed by atoms with E-state index in [1.54, 1.807) is 20.8 Å². The van der Waals surface area contributed by atoms with Gasteiger partial charge in [0.25, 0.3) is 0 Å². The van der Waals surface area contributed by atoms with Crippen molar-refractivity contribution in [2.45, 2.75) is 77.5 Å². The summed E-state index contributed by atoms with van der Waals surface area (Å²) < 4.78 is 10.2. The third kappa shape index (κ3) is 4.21. The van der Waals surface area contributed by atoms with Crippen LogP contribution in [0.3, 0.4) is 0 Å². The zero-order valence-corrected chi connectivity index (χ0v) is 15.4. The van der Waals surface area contributed by atoms with Crippen molar-refractivity contribution >= 4 is 12.1 Å². The number of nitrogens with one attached hydrogen (secondary N) is 1. The average Bonchev–Trinajstić information content (AvgIpc) is 3.16. The van der Waals surface area contributed by atoms with E-state index in [-0.39, 0.29) is 17.4 Å². The zero-order chi connectivity index (χ0) is 18.1. The van der Waals surface area contributed by atoms with Crippen molar-refractivity contribution in [2.75, 3.05) is 7.11 Å². The summed E-state index contributed by atoms with van der Waals surface area (Å²) in [6.45, 7) is 7.50. The Bertz CT molecular complexity index is 486. The smallest absolute Gasteiger partial charge is 0.408 e. The largest absolute Gasteiger partial charge is 0.467 e. The molecule has 0 bridgehead atoms. The van der Waals surface area contributed by atoms with Gasteiger partial charge in [0.15, 0.2) is 0 Å². The Labute approximate surface area is 144 Å². The second kappa shape index (κ2) is 6.90. The third-order valence-corrected chi connectivity index (χ3v) is 5.56. The van der Waals surface area contributed by atoms with Gasteiger partial charge in [-0.25, -0.2) is 9.59 Å². The monoisotopic (exact) mass is 341 g/mol. The summed E-state index contributed by atoms with van der Waals surface area (Å²) in [6.07, 6.45) is 3.11. The summed E-state index contributed by atoms with van der Waals surface area (Å²) in [5.41, 5.74) is -0.612. The first-order valence-corrected chi connectivity index (χ1v) is 8.84. The molecule has 0 aliphatic heterocycles. The van der Waals surface area contributed by atoms with Crippen LogP contribution in [0.4, 0.5) is 4.79 Å². The Hall–Kier alpha value is -1.30. The summed E-state index contributed by atoms with van der Waals surface area (Å²) in [4.78, 5) is 24.3. The second-order valence-electron chi connectivity index (χ2n) is 8.38. The van der Waals surface area contributed by atoms with Crippen molar-refractivity contribution < 1.29 is 24.2 Å². The molecule has 0 aromatic carbocycles. The number of rotatable bonds is 3. The lowest BCUT2D eigenvalue weighted by Gasteiger charge is -2.27. The molecular weight excluding hydrogens is 310 g/mol. The van der Waals surface area contributed by atoms with E-state index in [1.807, 2.05) is 0 Å². The molecule has 2 rings (SSSR count). The maximum absolute atomic E-state index is 12.2. The van der Waals surface area contributed by atoms with Crippen molar-refractivity contribution in [2.24, 2.45) is 17.3 Å². The van der Waals surface area contributed by atoms with Crippen LogP contribution in [0, 0.1) is 17.3 Å². The molecule has 0 aromatic rings. The van der Waals surface area contributed by atoms with Crippen LogP contribution in [0.15, 0.2) is 0 Å². The van der Waals surface area contributed by atoms with Gasteiger partial charge in [0.2, 0.25) is 0 Å². The van der Waals surface area contributed by atoms with Crippen molar-refractivity contribution in [1.29, 1.82) is 0 Å². The third-order valence-electron chi connectivity index (χ3n) is 5.56. The lowest BCUT2D eigenvalue weighted by molar-refractivity contribution is -0.144. The predicted octanol–water partition coefficient (Wildman–Crippen LogP) is 2.63. The normalized spacial score (nSPS) is 34.2. The van der Waals surface area contributed by atoms with Gasteiger partial charge in [-0.05, 0) is 70.1 Å². The molecule has 0 saturated heterocycles. The Morgan fingerprint density at radius 1 is 1.25 bits per heavy atom. The quantitative estimate of drug-likeness (QED) is 0.771. The average molecular weight is 341 g/mol. The molecule has 2 aliphatic carbocycles. The van der Waals surface area contributed by atoms with Crippen LogP contribution in [-0.2, 0) is 14.3 Å². The molecule has 0 heterocycles. The fourth-order valence-corrected chi connectivity index (χ4v) is 4.01. The number of esters is 1. The van der Waals surface area contributed by atoms with Crippen molar-refractivity contribution in [1.82, 2.24) is 5.32 Å². The van der Waals surface area contributed by atoms with Gasteiger partial charge < -0.3 is 19.9 Å². The van der Waals surface area contributed by atoms with Crippen molar-refractivity contribution in [3.63, 3.8) is 0 Å². The molecule has 0 radical (unpaired) electrons. The highest BCUT2D eigenvalue weighted by Gasteiger charge is 2.56. The predicted molar refractivity (Wildman–Crippen MR) is 89.4 cm³/mol. The molecule has 6 nitrogen and oxygen atoms in total. The van der Waals surface area contributed by atoms with Gasteiger partial charge in [0.1, 0.15) is 11.6 Å². The number of carbonyl (C=O) groups excluding carboxylic acids is 2. The van der Waals surface area contributed by atoms with E-state index >= 15 is 0 Å². The Morgan fingerprint density at radius 3 is 2.38 bits per heavy atom. The number of amides is 1. The lowest BCUT2D eigenvalue weighted by atomic mass is 9.89. The van der Waals surface area contributed by atoms with Gasteiger partial charge in [-0.3, -0.25) is 0 Å². The van der Waals surface area contributed by atoms with E-state index in [4.69, 9.17) is 9.47 Å². The van der Waals surface area contributed by atoms with Crippen molar-refractivity contribution in [3.8, 4) is 0 Å². The first-order chi connectivity index (χ1) is 11.1. The molecule has 1 amide bonds. The molecule has 5 atom stereocenters. The van der Waals surface area contributed by atoms with E-state index < -0.39 is 23.7 Å². The van der Waals surface area contributed by atoms with E-state index in [0.29, 0.717) is 18.8 Å². The van der Waals surface area contributed by atoms with Gasteiger partial charge in [-0.1, -0.05) is 6.92 Å². The van der Waals surface area contributed by atoms with Crippen LogP contribution in [0.2, 0.25) is 0 Å². The second-order valence-corrected chi connectivity index (χ2v) is 8.38. The molecule has 6 heteroatoms. The molecule has 2 saturated carbocycles. The molecule has 24 heavy (non-hydrogen) atoms. The number of aliphatic hydroxyl groups excluding tert-OH is 1. The van der Waals surface area contributed by atoms with E-state index in [2.05, 4.69) is 12.2 Å². The van der Waals surface area contributed by atoms with Gasteiger partial charge in [0.05, 0.1) is 13.2 Å².